The molecule has 19 nitrogen and oxygen atoms in total. The molecule has 0 amide bonds. The molecule has 0 N–H and O–H groups in total. The van der Waals surface area contributed by atoms with Crippen LogP contribution in [0, 0.1) is 22.7 Å². The SMILES string of the molecule is N#Cc1ccc(-n2c3ccc(-c4nc(-c5ccccc5)nc(-c5ccccc5)n4)cc3c3cc(-c4nc(-c5ccccc5)nc(-c5ccccc5)n4)ccc32)cc1-c1nc(-c2ccccc2)nc(-c2cc(-n3c4ccc(-c5nc(-c6ccccc6)nc(-c6ccccc6)n5)cc4c4cc(-c5nc(-c6ccccc6)nc(-c6ccccc6)n5)ccc43)ccc2-c2ccccc2C#N)n1. The lowest BCUT2D eigenvalue weighted by atomic mass is 9.94. The number of rotatable bonds is 18. The Morgan fingerprint density at radius 2 is 0.356 bits per heavy atom. The predicted molar refractivity (Wildman–Crippen MR) is 518 cm³/mol. The van der Waals surface area contributed by atoms with Gasteiger partial charge in [0, 0.05) is 122 Å². The van der Waals surface area contributed by atoms with Gasteiger partial charge in [0.25, 0.3) is 0 Å². The van der Waals surface area contributed by atoms with Crippen molar-refractivity contribution >= 4 is 43.6 Å². The van der Waals surface area contributed by atoms with Crippen molar-refractivity contribution in [3.63, 3.8) is 0 Å². The normalized spacial score (nSPS) is 11.3. The average Bonchev–Trinajstić information content (AvgIpc) is 1.57. The van der Waals surface area contributed by atoms with Crippen molar-refractivity contribution in [1.29, 1.82) is 10.5 Å². The first kappa shape index (κ1) is 77.9. The summed E-state index contributed by atoms with van der Waals surface area (Å²) >= 11 is 0. The van der Waals surface area contributed by atoms with Crippen molar-refractivity contribution in [3.05, 3.63) is 418 Å². The molecule has 0 unspecified atom stereocenters. The predicted octanol–water partition coefficient (Wildman–Crippen LogP) is 25.2. The summed E-state index contributed by atoms with van der Waals surface area (Å²) in [7, 11) is 0. The first-order chi connectivity index (χ1) is 65.3. The van der Waals surface area contributed by atoms with Crippen LogP contribution in [0.1, 0.15) is 11.1 Å². The Kier molecular flexibility index (Phi) is 19.8. The Balaban J connectivity index is 0.728. The number of nitriles is 2. The smallest absolute Gasteiger partial charge is 0.165 e. The van der Waals surface area contributed by atoms with Crippen LogP contribution in [0.3, 0.4) is 0 Å². The molecule has 614 valence electrons. The maximum absolute atomic E-state index is 11.6. The van der Waals surface area contributed by atoms with Gasteiger partial charge in [0.05, 0.1) is 45.3 Å². The fourth-order valence-electron chi connectivity index (χ4n) is 17.1. The second kappa shape index (κ2) is 33.6. The summed E-state index contributed by atoms with van der Waals surface area (Å²) in [6.07, 6.45) is 0. The fraction of sp³-hybridized carbons (Fsp3) is 0. The van der Waals surface area contributed by atoms with E-state index in [1.165, 1.54) is 0 Å². The lowest BCUT2D eigenvalue weighted by Crippen LogP contribution is -2.04. The zero-order valence-electron chi connectivity index (χ0n) is 70.2. The van der Waals surface area contributed by atoms with Crippen LogP contribution in [-0.2, 0) is 0 Å². The largest absolute Gasteiger partial charge is 0.309 e. The number of fused-ring (bicyclic) bond motifs is 6. The molecule has 0 spiro atoms. The van der Waals surface area contributed by atoms with Crippen LogP contribution in [0.5, 0.6) is 0 Å². The van der Waals surface area contributed by atoms with Crippen molar-refractivity contribution < 1.29 is 0 Å². The summed E-state index contributed by atoms with van der Waals surface area (Å²) in [6, 6.07) is 139. The molecule has 0 aliphatic heterocycles. The van der Waals surface area contributed by atoms with E-state index in [0.29, 0.717) is 120 Å². The molecule has 23 rings (SSSR count). The van der Waals surface area contributed by atoms with Crippen molar-refractivity contribution in [1.82, 2.24) is 83.9 Å². The molecular weight excluding hydrogens is 1620 g/mol. The van der Waals surface area contributed by atoms with Gasteiger partial charge >= 0.3 is 0 Å². The maximum atomic E-state index is 11.6. The van der Waals surface area contributed by atoms with E-state index in [1.54, 1.807) is 0 Å². The van der Waals surface area contributed by atoms with Crippen LogP contribution in [0.4, 0.5) is 0 Å². The highest BCUT2D eigenvalue weighted by atomic mass is 15.1. The Labute approximate surface area is 756 Å². The highest BCUT2D eigenvalue weighted by Crippen LogP contribution is 2.45. The Morgan fingerprint density at radius 1 is 0.152 bits per heavy atom. The number of nitrogens with zero attached hydrogens (tertiary/aromatic N) is 19. The molecule has 0 aliphatic rings. The molecule has 0 radical (unpaired) electrons. The van der Waals surface area contributed by atoms with Gasteiger partial charge in [-0.15, -0.1) is 0 Å². The fourth-order valence-corrected chi connectivity index (χ4v) is 17.1. The summed E-state index contributed by atoms with van der Waals surface area (Å²) in [5.74, 6) is 6.93. The number of aromatic nitrogens is 17. The molecule has 0 atom stereocenters. The van der Waals surface area contributed by atoms with Crippen molar-refractivity contribution in [2.24, 2.45) is 0 Å². The van der Waals surface area contributed by atoms with Crippen LogP contribution in [-0.4, -0.2) is 83.9 Å². The van der Waals surface area contributed by atoms with Gasteiger partial charge in [0.1, 0.15) is 0 Å². The summed E-state index contributed by atoms with van der Waals surface area (Å²) in [6.45, 7) is 0. The highest BCUT2D eigenvalue weighted by molar-refractivity contribution is 6.13. The molecular formula is C113H67N19. The zero-order valence-corrected chi connectivity index (χ0v) is 70.2. The first-order valence-corrected chi connectivity index (χ1v) is 42.9. The molecule has 7 aromatic heterocycles. The van der Waals surface area contributed by atoms with Crippen LogP contribution in [0.15, 0.2) is 406 Å². The van der Waals surface area contributed by atoms with Crippen LogP contribution >= 0.6 is 0 Å². The molecule has 132 heavy (non-hydrogen) atoms. The van der Waals surface area contributed by atoms with Crippen LogP contribution < -0.4 is 0 Å². The summed E-state index contributed by atoms with van der Waals surface area (Å²) in [5.41, 5.74) is 18.2. The third-order valence-electron chi connectivity index (χ3n) is 23.5. The number of hydrogen-bond acceptors (Lipinski definition) is 17. The van der Waals surface area contributed by atoms with E-state index in [2.05, 4.69) is 94.1 Å². The minimum atomic E-state index is 0.217. The molecule has 0 aliphatic carbocycles. The molecule has 0 bridgehead atoms. The van der Waals surface area contributed by atoms with Gasteiger partial charge in [-0.05, 0) is 115 Å². The second-order valence-corrected chi connectivity index (χ2v) is 31.7. The summed E-state index contributed by atoms with van der Waals surface area (Å²) in [4.78, 5) is 78.6. The van der Waals surface area contributed by atoms with Crippen molar-refractivity contribution in [2.75, 3.05) is 0 Å². The van der Waals surface area contributed by atoms with Gasteiger partial charge in [0.15, 0.2) is 87.4 Å². The number of benzene rings is 16. The molecule has 0 fully saturated rings. The van der Waals surface area contributed by atoms with Gasteiger partial charge in [-0.1, -0.05) is 297 Å². The van der Waals surface area contributed by atoms with Gasteiger partial charge < -0.3 is 9.13 Å². The van der Waals surface area contributed by atoms with Gasteiger partial charge in [0.2, 0.25) is 0 Å². The third-order valence-corrected chi connectivity index (χ3v) is 23.5. The summed E-state index contributed by atoms with van der Waals surface area (Å²) in [5, 5.41) is 26.2. The van der Waals surface area contributed by atoms with Gasteiger partial charge in [-0.3, -0.25) is 0 Å². The van der Waals surface area contributed by atoms with E-state index >= 15 is 0 Å². The standard InChI is InChI=1S/C113H67N19/c114-68-83-48-28-29-49-87(83)88-57-56-86(132-97-60-53-81(110-124-103(74-38-18-5-19-39-74)118-104(125-110)75-40-20-6-21-41-75)64-92(97)93-65-82(54-61-98(93)132)111-126-105(76-42-22-7-23-43-76)119-106(127-111)77-44-24-8-25-45-77)67-94(88)113-129-107(78-46-26-9-27-47-78)128-112(130-113)89-66-85(55-50-84(89)69-115)131-95-58-51-79(108-120-99(70-30-10-1-11-31-70)116-100(121-108)71-32-12-2-13-33-71)62-90(95)91-63-80(52-59-96(91)131)109-122-101(72-34-14-3-15-35-72)117-102(123-109)73-36-16-4-17-37-73/h1-67H. The topological polar surface area (TPSA) is 251 Å². The third kappa shape index (κ3) is 14.8. The molecule has 0 saturated carbocycles. The van der Waals surface area contributed by atoms with Gasteiger partial charge in [-0.25, -0.2) is 74.8 Å². The Morgan fingerprint density at radius 3 is 0.621 bits per heavy atom. The molecule has 19 heteroatoms. The van der Waals surface area contributed by atoms with E-state index in [1.807, 2.05) is 334 Å². The summed E-state index contributed by atoms with van der Waals surface area (Å²) < 4.78 is 4.43. The van der Waals surface area contributed by atoms with Crippen LogP contribution in [0.2, 0.25) is 0 Å². The lowest BCUT2D eigenvalue weighted by Gasteiger charge is -2.17. The van der Waals surface area contributed by atoms with Crippen molar-refractivity contribution in [3.8, 4) is 205 Å². The van der Waals surface area contributed by atoms with E-state index in [0.717, 1.165) is 116 Å². The van der Waals surface area contributed by atoms with E-state index in [4.69, 9.17) is 74.8 Å². The van der Waals surface area contributed by atoms with E-state index in [9.17, 15) is 10.5 Å². The quantitative estimate of drug-likeness (QED) is 0.0774. The van der Waals surface area contributed by atoms with Crippen molar-refractivity contribution in [2.45, 2.75) is 0 Å². The maximum Gasteiger partial charge on any atom is 0.165 e. The van der Waals surface area contributed by atoms with E-state index < -0.39 is 0 Å². The average molecular weight is 1690 g/mol. The lowest BCUT2D eigenvalue weighted by molar-refractivity contribution is 1.07. The zero-order chi connectivity index (χ0) is 88.0. The number of hydrogen-bond donors (Lipinski definition) is 0. The minimum absolute atomic E-state index is 0.217. The van der Waals surface area contributed by atoms with Crippen LogP contribution in [0.25, 0.3) is 237 Å². The van der Waals surface area contributed by atoms with Gasteiger partial charge in [-0.2, -0.15) is 10.5 Å². The molecule has 16 aromatic carbocycles. The second-order valence-electron chi connectivity index (χ2n) is 31.7. The molecule has 23 aromatic rings. The molecule has 7 heterocycles. The molecule has 0 saturated heterocycles. The van der Waals surface area contributed by atoms with E-state index in [-0.39, 0.29) is 11.6 Å². The highest BCUT2D eigenvalue weighted by Gasteiger charge is 2.27. The monoisotopic (exact) mass is 1690 g/mol. The Hall–Kier alpha value is -18.9. The Bertz CT molecular complexity index is 7910. The first-order valence-electron chi connectivity index (χ1n) is 42.9. The minimum Gasteiger partial charge on any atom is -0.309 e.